The number of carboxylic acid groups (broad SMARTS) is 1. The minimum Gasteiger partial charge on any atom is -0.481 e. The van der Waals surface area contributed by atoms with E-state index in [0.717, 1.165) is 4.88 Å². The third-order valence-electron chi connectivity index (χ3n) is 2.86. The molecule has 1 heterocycles. The summed E-state index contributed by atoms with van der Waals surface area (Å²) in [6, 6.07) is 3.70. The first-order valence-electron chi connectivity index (χ1n) is 6.19. The summed E-state index contributed by atoms with van der Waals surface area (Å²) in [6.45, 7) is 2.69. The molecule has 5 nitrogen and oxygen atoms in total. The zero-order valence-corrected chi connectivity index (χ0v) is 13.4. The van der Waals surface area contributed by atoms with Crippen LogP contribution >= 0.6 is 22.9 Å². The summed E-state index contributed by atoms with van der Waals surface area (Å²) in [5.74, 6) is -1.39. The van der Waals surface area contributed by atoms with Gasteiger partial charge in [-0.1, -0.05) is 18.5 Å². The molecule has 0 radical (unpaired) electrons. The number of amides is 1. The Kier molecular flexibility index (Phi) is 6.45. The van der Waals surface area contributed by atoms with Gasteiger partial charge in [0.05, 0.1) is 23.3 Å². The van der Waals surface area contributed by atoms with Gasteiger partial charge >= 0.3 is 5.97 Å². The molecule has 1 aromatic heterocycles. The van der Waals surface area contributed by atoms with Gasteiger partial charge in [-0.25, -0.2) is 0 Å². The standard InChI is InChI=1S/C13H19ClN2O3S/c1-9(13(18)19)6-15(2)8-12(17)16(3)7-10-4-5-11(14)20-10/h4-5,9H,6-8H2,1-3H3,(H,18,19). The predicted molar refractivity (Wildman–Crippen MR) is 80.1 cm³/mol. The molecule has 1 aromatic rings. The van der Waals surface area contributed by atoms with Crippen molar-refractivity contribution in [1.29, 1.82) is 0 Å². The molecule has 20 heavy (non-hydrogen) atoms. The first-order valence-corrected chi connectivity index (χ1v) is 7.38. The molecule has 0 aliphatic heterocycles. The van der Waals surface area contributed by atoms with Crippen LogP contribution < -0.4 is 0 Å². The Morgan fingerprint density at radius 1 is 1.40 bits per heavy atom. The Morgan fingerprint density at radius 3 is 2.55 bits per heavy atom. The lowest BCUT2D eigenvalue weighted by atomic mass is 10.2. The topological polar surface area (TPSA) is 60.9 Å². The van der Waals surface area contributed by atoms with Gasteiger partial charge in [0.15, 0.2) is 0 Å². The van der Waals surface area contributed by atoms with Crippen LogP contribution in [-0.4, -0.2) is 54.0 Å². The summed E-state index contributed by atoms with van der Waals surface area (Å²) in [7, 11) is 3.47. The van der Waals surface area contributed by atoms with Crippen molar-refractivity contribution in [3.63, 3.8) is 0 Å². The Balaban J connectivity index is 2.43. The van der Waals surface area contributed by atoms with Crippen molar-refractivity contribution >= 4 is 34.8 Å². The highest BCUT2D eigenvalue weighted by molar-refractivity contribution is 7.16. The van der Waals surface area contributed by atoms with Crippen molar-refractivity contribution in [2.45, 2.75) is 13.5 Å². The van der Waals surface area contributed by atoms with Gasteiger partial charge in [0.25, 0.3) is 0 Å². The number of likely N-dealkylation sites (N-methyl/N-ethyl adjacent to an activating group) is 2. The maximum Gasteiger partial charge on any atom is 0.307 e. The molecule has 1 amide bonds. The fraction of sp³-hybridized carbons (Fsp3) is 0.538. The minimum atomic E-state index is -0.856. The van der Waals surface area contributed by atoms with Crippen LogP contribution in [0.4, 0.5) is 0 Å². The number of rotatable bonds is 7. The van der Waals surface area contributed by atoms with E-state index < -0.39 is 11.9 Å². The van der Waals surface area contributed by atoms with E-state index in [9.17, 15) is 9.59 Å². The molecule has 0 aliphatic rings. The Morgan fingerprint density at radius 2 is 2.05 bits per heavy atom. The maximum absolute atomic E-state index is 12.0. The molecule has 0 fully saturated rings. The highest BCUT2D eigenvalue weighted by atomic mass is 35.5. The second kappa shape index (κ2) is 7.61. The SMILES string of the molecule is CC(CN(C)CC(=O)N(C)Cc1ccc(Cl)s1)C(=O)O. The van der Waals surface area contributed by atoms with Crippen molar-refractivity contribution < 1.29 is 14.7 Å². The monoisotopic (exact) mass is 318 g/mol. The lowest BCUT2D eigenvalue weighted by Gasteiger charge is -2.22. The molecule has 1 rings (SSSR count). The number of carboxylic acids is 1. The van der Waals surface area contributed by atoms with E-state index in [0.29, 0.717) is 17.4 Å². The van der Waals surface area contributed by atoms with Crippen molar-refractivity contribution in [2.75, 3.05) is 27.2 Å². The fourth-order valence-electron chi connectivity index (χ4n) is 1.72. The smallest absolute Gasteiger partial charge is 0.307 e. The summed E-state index contributed by atoms with van der Waals surface area (Å²) < 4.78 is 0.702. The van der Waals surface area contributed by atoms with E-state index in [1.807, 2.05) is 6.07 Å². The average molecular weight is 319 g/mol. The first-order chi connectivity index (χ1) is 9.29. The van der Waals surface area contributed by atoms with Crippen molar-refractivity contribution in [3.8, 4) is 0 Å². The first kappa shape index (κ1) is 16.9. The number of carbonyl (C=O) groups excluding carboxylic acids is 1. The Labute approximate surface area is 127 Å². The molecule has 0 saturated carbocycles. The van der Waals surface area contributed by atoms with E-state index in [1.165, 1.54) is 11.3 Å². The van der Waals surface area contributed by atoms with Gasteiger partial charge in [-0.2, -0.15) is 0 Å². The number of halogens is 1. The number of hydrogen-bond donors (Lipinski definition) is 1. The zero-order chi connectivity index (χ0) is 15.3. The van der Waals surface area contributed by atoms with E-state index in [1.54, 1.807) is 36.9 Å². The van der Waals surface area contributed by atoms with Crippen molar-refractivity contribution in [1.82, 2.24) is 9.80 Å². The van der Waals surface area contributed by atoms with Crippen LogP contribution in [0.15, 0.2) is 12.1 Å². The summed E-state index contributed by atoms with van der Waals surface area (Å²) >= 11 is 7.29. The number of aliphatic carboxylic acids is 1. The van der Waals surface area contributed by atoms with Crippen molar-refractivity contribution in [2.24, 2.45) is 5.92 Å². The van der Waals surface area contributed by atoms with Crippen LogP contribution in [0.1, 0.15) is 11.8 Å². The summed E-state index contributed by atoms with van der Waals surface area (Å²) in [6.07, 6.45) is 0. The van der Waals surface area contributed by atoms with E-state index >= 15 is 0 Å². The Bertz CT molecular complexity index is 478. The third kappa shape index (κ3) is 5.48. The highest BCUT2D eigenvalue weighted by Crippen LogP contribution is 2.22. The van der Waals surface area contributed by atoms with Crippen LogP contribution in [0.2, 0.25) is 4.34 Å². The molecule has 0 aliphatic carbocycles. The molecule has 0 bridgehead atoms. The Hall–Kier alpha value is -1.11. The average Bonchev–Trinajstić information content (AvgIpc) is 2.74. The number of thiophene rings is 1. The van der Waals surface area contributed by atoms with Gasteiger partial charge in [0.1, 0.15) is 0 Å². The van der Waals surface area contributed by atoms with E-state index in [2.05, 4.69) is 0 Å². The van der Waals surface area contributed by atoms with Gasteiger partial charge in [0.2, 0.25) is 5.91 Å². The van der Waals surface area contributed by atoms with Crippen LogP contribution in [0, 0.1) is 5.92 Å². The quantitative estimate of drug-likeness (QED) is 0.835. The molecule has 1 N–H and O–H groups in total. The summed E-state index contributed by atoms with van der Waals surface area (Å²) in [5, 5.41) is 8.84. The van der Waals surface area contributed by atoms with Gasteiger partial charge in [-0.15, -0.1) is 11.3 Å². The summed E-state index contributed by atoms with van der Waals surface area (Å²) in [5.41, 5.74) is 0. The van der Waals surface area contributed by atoms with Gasteiger partial charge < -0.3 is 10.0 Å². The maximum atomic E-state index is 12.0. The van der Waals surface area contributed by atoms with Crippen LogP contribution in [0.3, 0.4) is 0 Å². The van der Waals surface area contributed by atoms with Crippen molar-refractivity contribution in [3.05, 3.63) is 21.3 Å². The normalized spacial score (nSPS) is 12.4. The number of carbonyl (C=O) groups is 2. The molecular formula is C13H19ClN2O3S. The molecular weight excluding hydrogens is 300 g/mol. The van der Waals surface area contributed by atoms with Gasteiger partial charge in [-0.05, 0) is 19.2 Å². The van der Waals surface area contributed by atoms with E-state index in [4.69, 9.17) is 16.7 Å². The van der Waals surface area contributed by atoms with Crippen LogP contribution in [0.25, 0.3) is 0 Å². The van der Waals surface area contributed by atoms with E-state index in [-0.39, 0.29) is 12.5 Å². The lowest BCUT2D eigenvalue weighted by molar-refractivity contribution is -0.142. The highest BCUT2D eigenvalue weighted by Gasteiger charge is 2.17. The van der Waals surface area contributed by atoms with Crippen LogP contribution in [0.5, 0.6) is 0 Å². The second-order valence-corrected chi connectivity index (χ2v) is 6.69. The lowest BCUT2D eigenvalue weighted by Crippen LogP contribution is -2.38. The second-order valence-electron chi connectivity index (χ2n) is 4.89. The number of nitrogens with zero attached hydrogens (tertiary/aromatic N) is 2. The van der Waals surface area contributed by atoms with Gasteiger partial charge in [0, 0.05) is 18.5 Å². The summed E-state index contributed by atoms with van der Waals surface area (Å²) in [4.78, 5) is 27.1. The number of hydrogen-bond acceptors (Lipinski definition) is 4. The minimum absolute atomic E-state index is 0.0467. The molecule has 7 heteroatoms. The molecule has 0 aromatic carbocycles. The largest absolute Gasteiger partial charge is 0.481 e. The predicted octanol–water partition coefficient (Wildman–Crippen LogP) is 2.01. The molecule has 112 valence electrons. The molecule has 1 atom stereocenters. The fourth-order valence-corrected chi connectivity index (χ4v) is 2.86. The third-order valence-corrected chi connectivity index (χ3v) is 4.08. The van der Waals surface area contributed by atoms with Gasteiger partial charge in [-0.3, -0.25) is 14.5 Å². The molecule has 0 spiro atoms. The van der Waals surface area contributed by atoms with Crippen LogP contribution in [-0.2, 0) is 16.1 Å². The molecule has 0 saturated heterocycles. The molecule has 1 unspecified atom stereocenters. The zero-order valence-electron chi connectivity index (χ0n) is 11.8.